The molecule has 2 aromatic heterocycles. The monoisotopic (exact) mass is 372 g/mol. The molecule has 1 fully saturated rings. The Hall–Kier alpha value is -2.74. The average Bonchev–Trinajstić information content (AvgIpc) is 2.97. The fourth-order valence-corrected chi connectivity index (χ4v) is 3.42. The number of benzene rings is 1. The third-order valence-electron chi connectivity index (χ3n) is 3.96. The molecule has 3 aromatic rings. The Bertz CT molecular complexity index is 973. The van der Waals surface area contributed by atoms with Crippen LogP contribution in [0, 0.1) is 6.92 Å². The Morgan fingerprint density at radius 2 is 2.12 bits per heavy atom. The van der Waals surface area contributed by atoms with Crippen LogP contribution < -0.4 is 10.4 Å². The van der Waals surface area contributed by atoms with Crippen LogP contribution in [-0.2, 0) is 4.79 Å². The van der Waals surface area contributed by atoms with Crippen LogP contribution in [0.25, 0.3) is 11.1 Å². The number of fused-ring (bicyclic) bond motifs is 1. The number of likely N-dealkylation sites (tertiary alicyclic amines) is 1. The number of thioether (sulfide) groups is 1. The number of hydrogen-bond donors (Lipinski definition) is 0. The molecule has 0 radical (unpaired) electrons. The van der Waals surface area contributed by atoms with Crippen molar-refractivity contribution in [3.8, 4) is 5.75 Å². The van der Waals surface area contributed by atoms with E-state index in [4.69, 9.17) is 13.6 Å². The number of aryl methyl sites for hydroxylation is 1. The van der Waals surface area contributed by atoms with Gasteiger partial charge in [-0.25, -0.2) is 9.78 Å². The second-order valence-electron chi connectivity index (χ2n) is 6.00. The maximum absolute atomic E-state index is 12.2. The third-order valence-corrected chi connectivity index (χ3v) is 4.78. The lowest BCUT2D eigenvalue weighted by molar-refractivity contribution is -0.137. The maximum atomic E-state index is 12.2. The van der Waals surface area contributed by atoms with Gasteiger partial charge in [-0.1, -0.05) is 23.9 Å². The highest BCUT2D eigenvalue weighted by atomic mass is 32.2. The summed E-state index contributed by atoms with van der Waals surface area (Å²) >= 11 is 1.28. The number of carbonyl (C=O) groups excluding carboxylic acids is 1. The number of aromatic nitrogens is 1. The minimum absolute atomic E-state index is 0.000798. The molecule has 0 aliphatic carbocycles. The highest BCUT2D eigenvalue weighted by Gasteiger charge is 2.32. The summed E-state index contributed by atoms with van der Waals surface area (Å²) in [6.07, 6.45) is -0.116. The maximum Gasteiger partial charge on any atom is 0.339 e. The molecule has 0 N–H and O–H groups in total. The first kappa shape index (κ1) is 16.7. The summed E-state index contributed by atoms with van der Waals surface area (Å²) in [6.45, 7) is 2.67. The van der Waals surface area contributed by atoms with Crippen molar-refractivity contribution in [3.05, 3.63) is 52.6 Å². The standard InChI is InChI=1S/C18H16N2O5S/c1-11-6-12(7-17(22)23-11)24-13-8-20(9-13)16(21)10-26-18-19-14-4-2-3-5-15(14)25-18/h2-7,13H,8-10H2,1H3. The number of rotatable bonds is 5. The Balaban J connectivity index is 1.27. The van der Waals surface area contributed by atoms with E-state index in [1.165, 1.54) is 17.8 Å². The quantitative estimate of drug-likeness (QED) is 0.636. The largest absolute Gasteiger partial charge is 0.486 e. The zero-order valence-corrected chi connectivity index (χ0v) is 14.8. The molecule has 7 nitrogen and oxygen atoms in total. The molecule has 1 aromatic carbocycles. The molecule has 0 spiro atoms. The van der Waals surface area contributed by atoms with Gasteiger partial charge in [0.1, 0.15) is 23.1 Å². The molecule has 3 heterocycles. The predicted molar refractivity (Wildman–Crippen MR) is 95.4 cm³/mol. The first-order chi connectivity index (χ1) is 12.6. The Labute approximate surface area is 152 Å². The molecule has 134 valence electrons. The van der Waals surface area contributed by atoms with Crippen molar-refractivity contribution in [2.75, 3.05) is 18.8 Å². The van der Waals surface area contributed by atoms with Gasteiger partial charge in [0.15, 0.2) is 5.58 Å². The van der Waals surface area contributed by atoms with E-state index in [9.17, 15) is 9.59 Å². The lowest BCUT2D eigenvalue weighted by Gasteiger charge is -2.38. The molecular formula is C18H16N2O5S. The summed E-state index contributed by atoms with van der Waals surface area (Å²) in [4.78, 5) is 29.6. The van der Waals surface area contributed by atoms with Gasteiger partial charge in [-0.2, -0.15) is 0 Å². The van der Waals surface area contributed by atoms with E-state index < -0.39 is 5.63 Å². The van der Waals surface area contributed by atoms with E-state index >= 15 is 0 Å². The summed E-state index contributed by atoms with van der Waals surface area (Å²) in [5.74, 6) is 1.22. The van der Waals surface area contributed by atoms with Crippen LogP contribution in [0.1, 0.15) is 5.76 Å². The van der Waals surface area contributed by atoms with Crippen molar-refractivity contribution in [3.63, 3.8) is 0 Å². The van der Waals surface area contributed by atoms with Crippen LogP contribution in [0.5, 0.6) is 5.75 Å². The molecule has 1 saturated heterocycles. The van der Waals surface area contributed by atoms with Crippen molar-refractivity contribution >= 4 is 28.8 Å². The Kier molecular flexibility index (Phi) is 4.42. The normalized spacial score (nSPS) is 14.4. The van der Waals surface area contributed by atoms with Gasteiger partial charge in [0.05, 0.1) is 24.9 Å². The van der Waals surface area contributed by atoms with Crippen molar-refractivity contribution in [1.82, 2.24) is 9.88 Å². The van der Waals surface area contributed by atoms with Crippen molar-refractivity contribution in [2.45, 2.75) is 18.3 Å². The van der Waals surface area contributed by atoms with Crippen molar-refractivity contribution < 1.29 is 18.4 Å². The minimum atomic E-state index is -0.443. The lowest BCUT2D eigenvalue weighted by atomic mass is 10.1. The predicted octanol–water partition coefficient (Wildman–Crippen LogP) is 2.47. The van der Waals surface area contributed by atoms with Crippen molar-refractivity contribution in [1.29, 1.82) is 0 Å². The first-order valence-electron chi connectivity index (χ1n) is 8.11. The number of oxazole rings is 1. The summed E-state index contributed by atoms with van der Waals surface area (Å²) in [7, 11) is 0. The first-order valence-corrected chi connectivity index (χ1v) is 9.10. The van der Waals surface area contributed by atoms with E-state index in [2.05, 4.69) is 4.98 Å². The van der Waals surface area contributed by atoms with Gasteiger partial charge in [-0.05, 0) is 19.1 Å². The number of nitrogens with zero attached hydrogens (tertiary/aromatic N) is 2. The van der Waals surface area contributed by atoms with Gasteiger partial charge < -0.3 is 18.5 Å². The molecule has 1 amide bonds. The number of ether oxygens (including phenoxy) is 1. The topological polar surface area (TPSA) is 85.8 Å². The summed E-state index contributed by atoms with van der Waals surface area (Å²) in [5, 5.41) is 0.486. The zero-order chi connectivity index (χ0) is 18.1. The fraction of sp³-hybridized carbons (Fsp3) is 0.278. The Morgan fingerprint density at radius 1 is 1.31 bits per heavy atom. The van der Waals surface area contributed by atoms with E-state index in [0.29, 0.717) is 35.4 Å². The molecule has 0 saturated carbocycles. The number of para-hydroxylation sites is 2. The molecule has 0 atom stereocenters. The SMILES string of the molecule is Cc1cc(OC2CN(C(=O)CSc3nc4ccccc4o3)C2)cc(=O)o1. The van der Waals surface area contributed by atoms with E-state index in [0.717, 1.165) is 5.52 Å². The summed E-state index contributed by atoms with van der Waals surface area (Å²) < 4.78 is 16.2. The lowest BCUT2D eigenvalue weighted by Crippen LogP contribution is -2.56. The van der Waals surface area contributed by atoms with Gasteiger partial charge in [0.2, 0.25) is 5.91 Å². The van der Waals surface area contributed by atoms with Crippen LogP contribution >= 0.6 is 11.8 Å². The van der Waals surface area contributed by atoms with Gasteiger partial charge >= 0.3 is 5.63 Å². The van der Waals surface area contributed by atoms with Crippen LogP contribution in [0.15, 0.2) is 55.2 Å². The molecule has 1 aliphatic heterocycles. The second kappa shape index (κ2) is 6.87. The third kappa shape index (κ3) is 3.60. The highest BCUT2D eigenvalue weighted by molar-refractivity contribution is 7.99. The number of hydrogen-bond acceptors (Lipinski definition) is 7. The zero-order valence-electron chi connectivity index (χ0n) is 14.0. The summed E-state index contributed by atoms with van der Waals surface area (Å²) in [5.41, 5.74) is 1.05. The molecule has 1 aliphatic rings. The van der Waals surface area contributed by atoms with E-state index in [1.807, 2.05) is 24.3 Å². The molecule has 0 unspecified atom stereocenters. The fourth-order valence-electron chi connectivity index (χ4n) is 2.68. The van der Waals surface area contributed by atoms with Crippen molar-refractivity contribution in [2.24, 2.45) is 0 Å². The van der Waals surface area contributed by atoms with Gasteiger partial charge in [-0.3, -0.25) is 4.79 Å². The molecule has 0 bridgehead atoms. The van der Waals surface area contributed by atoms with E-state index in [1.54, 1.807) is 17.9 Å². The van der Waals surface area contributed by atoms with Gasteiger partial charge in [-0.15, -0.1) is 0 Å². The van der Waals surface area contributed by atoms with Gasteiger partial charge in [0.25, 0.3) is 5.22 Å². The Morgan fingerprint density at radius 3 is 2.88 bits per heavy atom. The summed E-state index contributed by atoms with van der Waals surface area (Å²) in [6, 6.07) is 10.5. The van der Waals surface area contributed by atoms with Crippen LogP contribution in [0.4, 0.5) is 0 Å². The number of carbonyl (C=O) groups is 1. The van der Waals surface area contributed by atoms with Crippen LogP contribution in [0.2, 0.25) is 0 Å². The average molecular weight is 372 g/mol. The minimum Gasteiger partial charge on any atom is -0.486 e. The molecule has 4 rings (SSSR count). The van der Waals surface area contributed by atoms with Gasteiger partial charge in [0, 0.05) is 6.07 Å². The van der Waals surface area contributed by atoms with Crippen LogP contribution in [-0.4, -0.2) is 40.7 Å². The smallest absolute Gasteiger partial charge is 0.339 e. The second-order valence-corrected chi connectivity index (χ2v) is 6.92. The molecule has 26 heavy (non-hydrogen) atoms. The van der Waals surface area contributed by atoms with E-state index in [-0.39, 0.29) is 17.8 Å². The number of amides is 1. The highest BCUT2D eigenvalue weighted by Crippen LogP contribution is 2.24. The molecular weight excluding hydrogens is 356 g/mol. The molecule has 8 heteroatoms. The van der Waals surface area contributed by atoms with Crippen LogP contribution in [0.3, 0.4) is 0 Å².